The second kappa shape index (κ2) is 3.97. The number of rotatable bonds is 2. The van der Waals surface area contributed by atoms with Gasteiger partial charge in [-0.25, -0.2) is 4.98 Å². The van der Waals surface area contributed by atoms with E-state index in [1.54, 1.807) is 5.51 Å². The standard InChI is InChI=1S/C7H5FN4S2/c1-4-2-9-6(8)11-5(4)14-7-12-10-3-13-7/h2-3H,1H3. The molecule has 0 aliphatic carbocycles. The van der Waals surface area contributed by atoms with Crippen LogP contribution < -0.4 is 0 Å². The van der Waals surface area contributed by atoms with Crippen LogP contribution in [0.25, 0.3) is 0 Å². The lowest BCUT2D eigenvalue weighted by molar-refractivity contribution is 0.525. The Hall–Kier alpha value is -1.08. The van der Waals surface area contributed by atoms with Gasteiger partial charge in [0.05, 0.1) is 0 Å². The average Bonchev–Trinajstić information content (AvgIpc) is 2.64. The summed E-state index contributed by atoms with van der Waals surface area (Å²) in [4.78, 5) is 7.12. The number of aromatic nitrogens is 4. The topological polar surface area (TPSA) is 51.6 Å². The van der Waals surface area contributed by atoms with E-state index in [4.69, 9.17) is 0 Å². The lowest BCUT2D eigenvalue weighted by Gasteiger charge is -1.99. The highest BCUT2D eigenvalue weighted by atomic mass is 32.2. The molecule has 0 unspecified atom stereocenters. The van der Waals surface area contributed by atoms with Crippen molar-refractivity contribution in [3.05, 3.63) is 23.3 Å². The van der Waals surface area contributed by atoms with Gasteiger partial charge >= 0.3 is 6.08 Å². The van der Waals surface area contributed by atoms with Crippen LogP contribution in [0.5, 0.6) is 0 Å². The van der Waals surface area contributed by atoms with Crippen LogP contribution in [0.4, 0.5) is 4.39 Å². The molecule has 2 aromatic heterocycles. The van der Waals surface area contributed by atoms with Crippen LogP contribution in [0.15, 0.2) is 21.1 Å². The van der Waals surface area contributed by atoms with E-state index in [0.29, 0.717) is 5.03 Å². The summed E-state index contributed by atoms with van der Waals surface area (Å²) in [6, 6.07) is 0. The molecular formula is C7H5FN4S2. The number of hydrogen-bond acceptors (Lipinski definition) is 6. The number of nitrogens with zero attached hydrogens (tertiary/aromatic N) is 4. The largest absolute Gasteiger partial charge is 0.309 e. The first-order valence-electron chi connectivity index (χ1n) is 3.69. The Morgan fingerprint density at radius 1 is 1.50 bits per heavy atom. The Balaban J connectivity index is 2.28. The second-order valence-electron chi connectivity index (χ2n) is 2.43. The van der Waals surface area contributed by atoms with Crippen molar-refractivity contribution in [3.8, 4) is 0 Å². The summed E-state index contributed by atoms with van der Waals surface area (Å²) in [6.45, 7) is 1.82. The van der Waals surface area contributed by atoms with E-state index < -0.39 is 6.08 Å². The minimum absolute atomic E-state index is 0.578. The predicted molar refractivity (Wildman–Crippen MR) is 50.8 cm³/mol. The quantitative estimate of drug-likeness (QED) is 0.580. The van der Waals surface area contributed by atoms with Crippen LogP contribution in [-0.4, -0.2) is 20.2 Å². The molecule has 2 aromatic rings. The summed E-state index contributed by atoms with van der Waals surface area (Å²) in [7, 11) is 0. The molecule has 0 bridgehead atoms. The Morgan fingerprint density at radius 3 is 3.07 bits per heavy atom. The van der Waals surface area contributed by atoms with E-state index in [1.165, 1.54) is 29.3 Å². The maximum atomic E-state index is 12.7. The van der Waals surface area contributed by atoms with Gasteiger partial charge in [0.15, 0.2) is 4.34 Å². The Morgan fingerprint density at radius 2 is 2.36 bits per heavy atom. The van der Waals surface area contributed by atoms with Gasteiger partial charge in [-0.2, -0.15) is 9.37 Å². The molecule has 2 rings (SSSR count). The van der Waals surface area contributed by atoms with E-state index in [2.05, 4.69) is 20.2 Å². The molecule has 72 valence electrons. The summed E-state index contributed by atoms with van der Waals surface area (Å²) in [5.74, 6) is 0. The van der Waals surface area contributed by atoms with Crippen molar-refractivity contribution in [2.45, 2.75) is 16.3 Å². The average molecular weight is 228 g/mol. The van der Waals surface area contributed by atoms with Gasteiger partial charge in [0, 0.05) is 11.8 Å². The zero-order valence-electron chi connectivity index (χ0n) is 7.14. The third kappa shape index (κ3) is 2.05. The van der Waals surface area contributed by atoms with Crippen LogP contribution in [0.3, 0.4) is 0 Å². The third-order valence-electron chi connectivity index (χ3n) is 1.42. The fraction of sp³-hybridized carbons (Fsp3) is 0.143. The van der Waals surface area contributed by atoms with Crippen molar-refractivity contribution in [2.24, 2.45) is 0 Å². The maximum absolute atomic E-state index is 12.7. The highest BCUT2D eigenvalue weighted by Crippen LogP contribution is 2.28. The van der Waals surface area contributed by atoms with Gasteiger partial charge in [0.25, 0.3) is 0 Å². The predicted octanol–water partition coefficient (Wildman–Crippen LogP) is 1.93. The summed E-state index contributed by atoms with van der Waals surface area (Å²) in [5, 5.41) is 8.09. The molecule has 0 amide bonds. The van der Waals surface area contributed by atoms with Crippen molar-refractivity contribution in [1.82, 2.24) is 20.2 Å². The van der Waals surface area contributed by atoms with Gasteiger partial charge in [0.2, 0.25) is 0 Å². The lowest BCUT2D eigenvalue weighted by Crippen LogP contribution is -1.93. The first-order valence-corrected chi connectivity index (χ1v) is 5.38. The molecule has 0 aliphatic heterocycles. The minimum Gasteiger partial charge on any atom is -0.210 e. The zero-order valence-corrected chi connectivity index (χ0v) is 8.77. The second-order valence-corrected chi connectivity index (χ2v) is 4.50. The van der Waals surface area contributed by atoms with Crippen LogP contribution in [0.1, 0.15) is 5.56 Å². The molecule has 0 aliphatic rings. The molecule has 7 heteroatoms. The molecule has 0 atom stereocenters. The fourth-order valence-electron chi connectivity index (χ4n) is 0.800. The molecule has 0 aromatic carbocycles. The number of hydrogen-bond donors (Lipinski definition) is 0. The molecule has 2 heterocycles. The Bertz CT molecular complexity index is 431. The van der Waals surface area contributed by atoms with E-state index in [-0.39, 0.29) is 0 Å². The van der Waals surface area contributed by atoms with E-state index in [9.17, 15) is 4.39 Å². The first-order chi connectivity index (χ1) is 6.75. The van der Waals surface area contributed by atoms with Crippen molar-refractivity contribution in [3.63, 3.8) is 0 Å². The minimum atomic E-state index is -0.720. The molecule has 0 fully saturated rings. The molecule has 0 radical (unpaired) electrons. The summed E-state index contributed by atoms with van der Waals surface area (Å²) < 4.78 is 13.4. The number of aryl methyl sites for hydroxylation is 1. The van der Waals surface area contributed by atoms with Crippen LogP contribution in [-0.2, 0) is 0 Å². The normalized spacial score (nSPS) is 10.4. The highest BCUT2D eigenvalue weighted by Gasteiger charge is 2.07. The third-order valence-corrected chi connectivity index (χ3v) is 3.30. The molecular weight excluding hydrogens is 223 g/mol. The van der Waals surface area contributed by atoms with Crippen molar-refractivity contribution in [1.29, 1.82) is 0 Å². The molecule has 4 nitrogen and oxygen atoms in total. The van der Waals surface area contributed by atoms with E-state index >= 15 is 0 Å². The highest BCUT2D eigenvalue weighted by molar-refractivity contribution is 8.01. The maximum Gasteiger partial charge on any atom is 0.309 e. The summed E-state index contributed by atoms with van der Waals surface area (Å²) in [6.07, 6.45) is 0.730. The van der Waals surface area contributed by atoms with E-state index in [1.807, 2.05) is 6.92 Å². The van der Waals surface area contributed by atoms with Crippen LogP contribution in [0.2, 0.25) is 0 Å². The van der Waals surface area contributed by atoms with Gasteiger partial charge < -0.3 is 0 Å². The van der Waals surface area contributed by atoms with E-state index in [0.717, 1.165) is 9.90 Å². The van der Waals surface area contributed by atoms with Crippen LogP contribution >= 0.6 is 23.1 Å². The van der Waals surface area contributed by atoms with Gasteiger partial charge in [0.1, 0.15) is 10.5 Å². The van der Waals surface area contributed by atoms with Crippen molar-refractivity contribution < 1.29 is 4.39 Å². The fourth-order valence-corrected chi connectivity index (χ4v) is 2.22. The molecule has 0 N–H and O–H groups in total. The van der Waals surface area contributed by atoms with Gasteiger partial charge in [-0.3, -0.25) is 0 Å². The first kappa shape index (κ1) is 9.47. The van der Waals surface area contributed by atoms with Crippen molar-refractivity contribution in [2.75, 3.05) is 0 Å². The molecule has 0 saturated heterocycles. The summed E-state index contributed by atoms with van der Waals surface area (Å²) in [5.41, 5.74) is 2.45. The van der Waals surface area contributed by atoms with Gasteiger partial charge in [-0.1, -0.05) is 11.3 Å². The van der Waals surface area contributed by atoms with Crippen molar-refractivity contribution >= 4 is 23.1 Å². The Kier molecular flexibility index (Phi) is 2.69. The van der Waals surface area contributed by atoms with Gasteiger partial charge in [-0.15, -0.1) is 10.2 Å². The van der Waals surface area contributed by atoms with Gasteiger partial charge in [-0.05, 0) is 18.7 Å². The summed E-state index contributed by atoms with van der Waals surface area (Å²) >= 11 is 2.68. The smallest absolute Gasteiger partial charge is 0.210 e. The SMILES string of the molecule is Cc1cnc(F)nc1Sc1nncs1. The molecule has 14 heavy (non-hydrogen) atoms. The Labute approximate surface area is 87.6 Å². The zero-order chi connectivity index (χ0) is 9.97. The lowest BCUT2D eigenvalue weighted by atomic mass is 10.4. The molecule has 0 saturated carbocycles. The monoisotopic (exact) mass is 228 g/mol. The van der Waals surface area contributed by atoms with Crippen LogP contribution in [0, 0.1) is 13.0 Å². The number of halogens is 1. The molecule has 0 spiro atoms.